The second-order valence-electron chi connectivity index (χ2n) is 7.05. The summed E-state index contributed by atoms with van der Waals surface area (Å²) < 4.78 is 87.9. The molecule has 0 bridgehead atoms. The fraction of sp³-hybridized carbons (Fsp3) is 0.938. The summed E-state index contributed by atoms with van der Waals surface area (Å²) in [4.78, 5) is 10.8. The fourth-order valence-corrected chi connectivity index (χ4v) is 3.68. The number of halogens is 6. The quantitative estimate of drug-likeness (QED) is 0.668. The van der Waals surface area contributed by atoms with Crippen molar-refractivity contribution in [3.05, 3.63) is 0 Å². The summed E-state index contributed by atoms with van der Waals surface area (Å²) in [7, 11) is 0. The van der Waals surface area contributed by atoms with Gasteiger partial charge in [0.1, 0.15) is 0 Å². The van der Waals surface area contributed by atoms with Crippen molar-refractivity contribution in [2.45, 2.75) is 75.6 Å². The van der Waals surface area contributed by atoms with Crippen molar-refractivity contribution >= 4 is 5.97 Å². The number of hydrogen-bond acceptors (Lipinski definition) is 3. The van der Waals surface area contributed by atoms with E-state index in [-0.39, 0.29) is 18.8 Å². The SMILES string of the molecule is O=C(O)CCC(CC1CCCCC1)C1OCC(C(F)(F)F)(C(F)(F)F)O1. The van der Waals surface area contributed by atoms with Crippen LogP contribution in [-0.4, -0.2) is 41.9 Å². The van der Waals surface area contributed by atoms with Crippen LogP contribution in [0.4, 0.5) is 26.3 Å². The topological polar surface area (TPSA) is 55.8 Å². The molecule has 1 heterocycles. The molecule has 1 N–H and O–H groups in total. The number of alkyl halides is 6. The van der Waals surface area contributed by atoms with Crippen molar-refractivity contribution in [2.24, 2.45) is 11.8 Å². The van der Waals surface area contributed by atoms with Gasteiger partial charge in [0, 0.05) is 12.3 Å². The van der Waals surface area contributed by atoms with Gasteiger partial charge in [0.25, 0.3) is 5.60 Å². The van der Waals surface area contributed by atoms with Gasteiger partial charge in [0.2, 0.25) is 0 Å². The molecule has 2 aliphatic rings. The summed E-state index contributed by atoms with van der Waals surface area (Å²) in [5.74, 6) is -1.88. The van der Waals surface area contributed by atoms with E-state index in [9.17, 15) is 31.1 Å². The van der Waals surface area contributed by atoms with Gasteiger partial charge in [-0.25, -0.2) is 0 Å². The lowest BCUT2D eigenvalue weighted by Crippen LogP contribution is -2.59. The van der Waals surface area contributed by atoms with E-state index in [1.807, 2.05) is 0 Å². The lowest BCUT2D eigenvalue weighted by Gasteiger charge is -2.33. The molecular weight excluding hydrogens is 370 g/mol. The Kier molecular flexibility index (Phi) is 6.48. The van der Waals surface area contributed by atoms with Crippen LogP contribution in [-0.2, 0) is 14.3 Å². The molecule has 0 amide bonds. The molecule has 1 aliphatic carbocycles. The Bertz CT molecular complexity index is 470. The van der Waals surface area contributed by atoms with Crippen LogP contribution < -0.4 is 0 Å². The van der Waals surface area contributed by atoms with Crippen LogP contribution in [0.25, 0.3) is 0 Å². The van der Waals surface area contributed by atoms with Gasteiger partial charge < -0.3 is 14.6 Å². The van der Waals surface area contributed by atoms with Crippen LogP contribution in [0.1, 0.15) is 51.4 Å². The highest BCUT2D eigenvalue weighted by Gasteiger charge is 2.76. The Labute approximate surface area is 146 Å². The second-order valence-corrected chi connectivity index (χ2v) is 7.05. The molecule has 1 saturated heterocycles. The first-order chi connectivity index (χ1) is 12.0. The van der Waals surface area contributed by atoms with Gasteiger partial charge in [0.05, 0.1) is 6.61 Å². The van der Waals surface area contributed by atoms with E-state index in [1.54, 1.807) is 0 Å². The zero-order valence-corrected chi connectivity index (χ0v) is 14.0. The Balaban J connectivity index is 2.15. The zero-order chi connectivity index (χ0) is 19.6. The van der Waals surface area contributed by atoms with Gasteiger partial charge in [-0.1, -0.05) is 32.1 Å². The summed E-state index contributed by atoms with van der Waals surface area (Å²) in [6, 6.07) is 0. The summed E-state index contributed by atoms with van der Waals surface area (Å²) in [5.41, 5.74) is -4.36. The molecule has 2 rings (SSSR count). The first-order valence-corrected chi connectivity index (χ1v) is 8.61. The summed E-state index contributed by atoms with van der Waals surface area (Å²) >= 11 is 0. The minimum Gasteiger partial charge on any atom is -0.481 e. The monoisotopic (exact) mass is 392 g/mol. The predicted molar refractivity (Wildman–Crippen MR) is 77.2 cm³/mol. The molecule has 2 fully saturated rings. The van der Waals surface area contributed by atoms with E-state index in [4.69, 9.17) is 9.84 Å². The van der Waals surface area contributed by atoms with Crippen LogP contribution in [0.5, 0.6) is 0 Å². The zero-order valence-electron chi connectivity index (χ0n) is 14.0. The van der Waals surface area contributed by atoms with E-state index >= 15 is 0 Å². The maximum Gasteiger partial charge on any atom is 0.428 e. The molecule has 1 aliphatic heterocycles. The second kappa shape index (κ2) is 7.92. The third-order valence-corrected chi connectivity index (χ3v) is 5.16. The summed E-state index contributed by atoms with van der Waals surface area (Å²) in [6.45, 7) is -1.67. The molecule has 0 spiro atoms. The summed E-state index contributed by atoms with van der Waals surface area (Å²) in [6.07, 6.45) is -8.69. The highest BCUT2D eigenvalue weighted by molar-refractivity contribution is 5.66. The Morgan fingerprint density at radius 2 is 1.65 bits per heavy atom. The van der Waals surface area contributed by atoms with Crippen LogP contribution in [0.2, 0.25) is 0 Å². The first-order valence-electron chi connectivity index (χ1n) is 8.61. The Morgan fingerprint density at radius 1 is 1.08 bits per heavy atom. The van der Waals surface area contributed by atoms with Gasteiger partial charge in [-0.15, -0.1) is 0 Å². The van der Waals surface area contributed by atoms with Gasteiger partial charge in [-0.2, -0.15) is 26.3 Å². The number of rotatable bonds is 6. The largest absolute Gasteiger partial charge is 0.481 e. The number of carboxylic acids is 1. The molecule has 0 aromatic carbocycles. The van der Waals surface area contributed by atoms with Crippen LogP contribution in [0.3, 0.4) is 0 Å². The van der Waals surface area contributed by atoms with Crippen molar-refractivity contribution in [2.75, 3.05) is 6.61 Å². The van der Waals surface area contributed by atoms with Crippen LogP contribution in [0, 0.1) is 11.8 Å². The standard InChI is InChI=1S/C16H22F6O4/c17-15(18,19)14(16(20,21)22)9-25-13(26-14)11(6-7-12(23)24)8-10-4-2-1-3-5-10/h10-11,13H,1-9H2,(H,23,24). The normalized spacial score (nSPS) is 26.0. The maximum atomic E-state index is 13.1. The number of carbonyl (C=O) groups is 1. The number of carboxylic acid groups (broad SMARTS) is 1. The van der Waals surface area contributed by atoms with Crippen molar-refractivity contribution in [3.8, 4) is 0 Å². The van der Waals surface area contributed by atoms with Crippen LogP contribution in [0.15, 0.2) is 0 Å². The van der Waals surface area contributed by atoms with Crippen molar-refractivity contribution in [3.63, 3.8) is 0 Å². The highest BCUT2D eigenvalue weighted by atomic mass is 19.4. The van der Waals surface area contributed by atoms with E-state index in [0.29, 0.717) is 6.42 Å². The van der Waals surface area contributed by atoms with Gasteiger partial charge in [-0.05, 0) is 18.8 Å². The van der Waals surface area contributed by atoms with E-state index in [0.717, 1.165) is 32.1 Å². The minimum atomic E-state index is -5.68. The molecule has 10 heteroatoms. The molecular formula is C16H22F6O4. The van der Waals surface area contributed by atoms with Gasteiger partial charge in [0.15, 0.2) is 6.29 Å². The number of aliphatic carboxylic acids is 1. The van der Waals surface area contributed by atoms with Gasteiger partial charge >= 0.3 is 18.3 Å². The first kappa shape index (κ1) is 21.3. The molecule has 152 valence electrons. The van der Waals surface area contributed by atoms with Crippen molar-refractivity contribution < 1.29 is 45.7 Å². The average molecular weight is 392 g/mol. The molecule has 1 saturated carbocycles. The molecule has 26 heavy (non-hydrogen) atoms. The lowest BCUT2D eigenvalue weighted by molar-refractivity contribution is -0.372. The molecule has 0 aromatic rings. The number of hydrogen-bond donors (Lipinski definition) is 1. The third kappa shape index (κ3) is 4.62. The maximum absolute atomic E-state index is 13.1. The molecule has 4 nitrogen and oxygen atoms in total. The average Bonchev–Trinajstić information content (AvgIpc) is 2.98. The Hall–Kier alpha value is -1.03. The molecule has 2 atom stereocenters. The smallest absolute Gasteiger partial charge is 0.428 e. The third-order valence-electron chi connectivity index (χ3n) is 5.16. The highest BCUT2D eigenvalue weighted by Crippen LogP contribution is 2.51. The Morgan fingerprint density at radius 3 is 2.12 bits per heavy atom. The number of ether oxygens (including phenoxy) is 2. The predicted octanol–water partition coefficient (Wildman–Crippen LogP) is 4.67. The van der Waals surface area contributed by atoms with Crippen molar-refractivity contribution in [1.29, 1.82) is 0 Å². The lowest BCUT2D eigenvalue weighted by atomic mass is 9.81. The van der Waals surface area contributed by atoms with E-state index in [2.05, 4.69) is 4.74 Å². The van der Waals surface area contributed by atoms with E-state index < -0.39 is 42.7 Å². The molecule has 0 radical (unpaired) electrons. The molecule has 0 aromatic heterocycles. The van der Waals surface area contributed by atoms with E-state index in [1.165, 1.54) is 0 Å². The van der Waals surface area contributed by atoms with Crippen molar-refractivity contribution in [1.82, 2.24) is 0 Å². The molecule has 2 unspecified atom stereocenters. The minimum absolute atomic E-state index is 0.0949. The fourth-order valence-electron chi connectivity index (χ4n) is 3.68. The summed E-state index contributed by atoms with van der Waals surface area (Å²) in [5, 5.41) is 8.83. The van der Waals surface area contributed by atoms with Crippen LogP contribution >= 0.6 is 0 Å². The van der Waals surface area contributed by atoms with Gasteiger partial charge in [-0.3, -0.25) is 4.79 Å².